The van der Waals surface area contributed by atoms with Crippen molar-refractivity contribution in [1.29, 1.82) is 0 Å². The topological polar surface area (TPSA) is 86.0 Å². The number of hydrogen-bond donors (Lipinski definition) is 2. The van der Waals surface area contributed by atoms with Crippen LogP contribution in [-0.2, 0) is 0 Å². The second kappa shape index (κ2) is 5.01. The molecule has 94 valence electrons. The molecule has 0 aliphatic heterocycles. The highest BCUT2D eigenvalue weighted by Gasteiger charge is 2.06. The fourth-order valence-electron chi connectivity index (χ4n) is 1.22. The summed E-state index contributed by atoms with van der Waals surface area (Å²) in [7, 11) is 1.40. The number of nitrogen functional groups attached to an aromatic ring is 1. The lowest BCUT2D eigenvalue weighted by Gasteiger charge is -2.06. The highest BCUT2D eigenvalue weighted by molar-refractivity contribution is 6.30. The average molecular weight is 270 g/mol. The van der Waals surface area contributed by atoms with E-state index in [9.17, 15) is 4.39 Å². The SMILES string of the molecule is COc1nc(N)nc(Nc2ccc(Cl)c(F)c2)n1. The molecule has 0 aliphatic carbocycles. The Kier molecular flexibility index (Phi) is 3.42. The van der Waals surface area contributed by atoms with Gasteiger partial charge in [-0.25, -0.2) is 4.39 Å². The second-order valence-corrected chi connectivity index (χ2v) is 3.67. The van der Waals surface area contributed by atoms with E-state index in [0.717, 1.165) is 0 Å². The molecule has 18 heavy (non-hydrogen) atoms. The molecule has 0 unspecified atom stereocenters. The molecule has 0 saturated heterocycles. The number of hydrogen-bond acceptors (Lipinski definition) is 6. The minimum Gasteiger partial charge on any atom is -0.467 e. The number of nitrogens with zero attached hydrogens (tertiary/aromatic N) is 3. The molecule has 0 aliphatic rings. The molecular formula is C10H9ClFN5O. The van der Waals surface area contributed by atoms with Gasteiger partial charge in [0.05, 0.1) is 12.1 Å². The molecule has 2 aromatic rings. The molecule has 1 aromatic carbocycles. The van der Waals surface area contributed by atoms with Crippen molar-refractivity contribution in [3.63, 3.8) is 0 Å². The van der Waals surface area contributed by atoms with Crippen LogP contribution in [0.2, 0.25) is 5.02 Å². The average Bonchev–Trinajstić information content (AvgIpc) is 2.33. The van der Waals surface area contributed by atoms with Crippen molar-refractivity contribution in [1.82, 2.24) is 15.0 Å². The summed E-state index contributed by atoms with van der Waals surface area (Å²) in [4.78, 5) is 11.5. The molecule has 6 nitrogen and oxygen atoms in total. The molecule has 3 N–H and O–H groups in total. The number of anilines is 3. The molecule has 0 bridgehead atoms. The summed E-state index contributed by atoms with van der Waals surface area (Å²) in [6.07, 6.45) is 0. The largest absolute Gasteiger partial charge is 0.467 e. The molecule has 0 atom stereocenters. The number of ether oxygens (including phenoxy) is 1. The first-order valence-corrected chi connectivity index (χ1v) is 5.24. The molecule has 8 heteroatoms. The van der Waals surface area contributed by atoms with E-state index in [2.05, 4.69) is 20.3 Å². The summed E-state index contributed by atoms with van der Waals surface area (Å²) in [5.74, 6) is -0.393. The number of nitrogens with one attached hydrogen (secondary N) is 1. The Morgan fingerprint density at radius 3 is 2.78 bits per heavy atom. The van der Waals surface area contributed by atoms with Gasteiger partial charge in [-0.3, -0.25) is 0 Å². The lowest BCUT2D eigenvalue weighted by molar-refractivity contribution is 0.380. The van der Waals surface area contributed by atoms with E-state index in [1.165, 1.54) is 19.2 Å². The Balaban J connectivity index is 2.27. The highest BCUT2D eigenvalue weighted by Crippen LogP contribution is 2.21. The molecular weight excluding hydrogens is 261 g/mol. The van der Waals surface area contributed by atoms with Gasteiger partial charge in [-0.05, 0) is 18.2 Å². The van der Waals surface area contributed by atoms with Gasteiger partial charge in [0.15, 0.2) is 0 Å². The normalized spacial score (nSPS) is 10.2. The minimum atomic E-state index is -0.546. The number of nitrogens with two attached hydrogens (primary N) is 1. The Labute approximate surface area is 107 Å². The van der Waals surface area contributed by atoms with E-state index < -0.39 is 5.82 Å². The third-order valence-corrected chi connectivity index (χ3v) is 2.30. The fourth-order valence-corrected chi connectivity index (χ4v) is 1.34. The van der Waals surface area contributed by atoms with Crippen LogP contribution in [0.15, 0.2) is 18.2 Å². The summed E-state index contributed by atoms with van der Waals surface area (Å²) in [5, 5.41) is 2.80. The zero-order valence-corrected chi connectivity index (χ0v) is 10.1. The lowest BCUT2D eigenvalue weighted by atomic mass is 10.3. The van der Waals surface area contributed by atoms with Gasteiger partial charge in [-0.15, -0.1) is 0 Å². The van der Waals surface area contributed by atoms with Crippen molar-refractivity contribution < 1.29 is 9.13 Å². The van der Waals surface area contributed by atoms with Gasteiger partial charge in [0, 0.05) is 5.69 Å². The van der Waals surface area contributed by atoms with Gasteiger partial charge in [0.2, 0.25) is 11.9 Å². The summed E-state index contributed by atoms with van der Waals surface area (Å²) in [5.41, 5.74) is 5.90. The van der Waals surface area contributed by atoms with E-state index in [1.807, 2.05) is 0 Å². The quantitative estimate of drug-likeness (QED) is 0.886. The maximum Gasteiger partial charge on any atom is 0.322 e. The zero-order valence-electron chi connectivity index (χ0n) is 9.32. The molecule has 0 spiro atoms. The Bertz CT molecular complexity index is 580. The molecule has 0 fully saturated rings. The number of rotatable bonds is 3. The van der Waals surface area contributed by atoms with Gasteiger partial charge in [0.1, 0.15) is 5.82 Å². The van der Waals surface area contributed by atoms with Crippen molar-refractivity contribution >= 4 is 29.2 Å². The number of methoxy groups -OCH3 is 1. The van der Waals surface area contributed by atoms with Gasteiger partial charge in [-0.1, -0.05) is 11.6 Å². The summed E-state index contributed by atoms with van der Waals surface area (Å²) in [6, 6.07) is 4.28. The van der Waals surface area contributed by atoms with E-state index in [-0.39, 0.29) is 22.9 Å². The molecule has 2 rings (SSSR count). The van der Waals surface area contributed by atoms with E-state index >= 15 is 0 Å². The van der Waals surface area contributed by atoms with Crippen LogP contribution < -0.4 is 15.8 Å². The van der Waals surface area contributed by atoms with Crippen LogP contribution in [0.1, 0.15) is 0 Å². The maximum absolute atomic E-state index is 13.2. The number of halogens is 2. The van der Waals surface area contributed by atoms with Gasteiger partial charge < -0.3 is 15.8 Å². The molecule has 0 saturated carbocycles. The van der Waals surface area contributed by atoms with Crippen LogP contribution >= 0.6 is 11.6 Å². The van der Waals surface area contributed by atoms with Crippen LogP contribution in [0.5, 0.6) is 6.01 Å². The first kappa shape index (κ1) is 12.3. The van der Waals surface area contributed by atoms with Crippen molar-refractivity contribution in [2.45, 2.75) is 0 Å². The first-order chi connectivity index (χ1) is 8.58. The number of benzene rings is 1. The van der Waals surface area contributed by atoms with Crippen molar-refractivity contribution in [2.24, 2.45) is 0 Å². The van der Waals surface area contributed by atoms with Crippen LogP contribution in [0.3, 0.4) is 0 Å². The Hall–Kier alpha value is -2.15. The lowest BCUT2D eigenvalue weighted by Crippen LogP contribution is -2.05. The zero-order chi connectivity index (χ0) is 13.1. The summed E-state index contributed by atoms with van der Waals surface area (Å²) < 4.78 is 18.1. The van der Waals surface area contributed by atoms with Crippen molar-refractivity contribution in [3.8, 4) is 6.01 Å². The number of aromatic nitrogens is 3. The van der Waals surface area contributed by atoms with E-state index in [1.54, 1.807) is 6.07 Å². The molecule has 0 amide bonds. The predicted molar refractivity (Wildman–Crippen MR) is 65.5 cm³/mol. The van der Waals surface area contributed by atoms with Crippen LogP contribution in [-0.4, -0.2) is 22.1 Å². The maximum atomic E-state index is 13.2. The van der Waals surface area contributed by atoms with Crippen molar-refractivity contribution in [2.75, 3.05) is 18.2 Å². The first-order valence-electron chi connectivity index (χ1n) is 4.86. The van der Waals surface area contributed by atoms with Gasteiger partial charge >= 0.3 is 6.01 Å². The molecule has 0 radical (unpaired) electrons. The monoisotopic (exact) mass is 269 g/mol. The Morgan fingerprint density at radius 1 is 1.33 bits per heavy atom. The van der Waals surface area contributed by atoms with Crippen LogP contribution in [0, 0.1) is 5.82 Å². The minimum absolute atomic E-state index is 0.00112. The molecule has 1 heterocycles. The van der Waals surface area contributed by atoms with E-state index in [0.29, 0.717) is 5.69 Å². The van der Waals surface area contributed by atoms with Crippen molar-refractivity contribution in [3.05, 3.63) is 29.0 Å². The summed E-state index contributed by atoms with van der Waals surface area (Å²) in [6.45, 7) is 0. The fraction of sp³-hybridized carbons (Fsp3) is 0.100. The van der Waals surface area contributed by atoms with Gasteiger partial charge in [0.25, 0.3) is 0 Å². The summed E-state index contributed by atoms with van der Waals surface area (Å²) >= 11 is 5.57. The van der Waals surface area contributed by atoms with Crippen LogP contribution in [0.25, 0.3) is 0 Å². The standard InChI is InChI=1S/C10H9ClFN5O/c1-18-10-16-8(13)15-9(17-10)14-5-2-3-6(11)7(12)4-5/h2-4H,1H3,(H3,13,14,15,16,17). The van der Waals surface area contributed by atoms with Gasteiger partial charge in [-0.2, -0.15) is 15.0 Å². The van der Waals surface area contributed by atoms with E-state index in [4.69, 9.17) is 22.1 Å². The predicted octanol–water partition coefficient (Wildman–Crippen LogP) is 2.00. The second-order valence-electron chi connectivity index (χ2n) is 3.26. The molecule has 1 aromatic heterocycles. The highest BCUT2D eigenvalue weighted by atomic mass is 35.5. The third kappa shape index (κ3) is 2.75. The van der Waals surface area contributed by atoms with Crippen LogP contribution in [0.4, 0.5) is 22.0 Å². The smallest absolute Gasteiger partial charge is 0.322 e. The third-order valence-electron chi connectivity index (χ3n) is 1.99. The Morgan fingerprint density at radius 2 is 2.11 bits per heavy atom.